The van der Waals surface area contributed by atoms with Gasteiger partial charge in [-0.3, -0.25) is 0 Å². The molecule has 0 unspecified atom stereocenters. The number of halogens is 5. The first kappa shape index (κ1) is 13.7. The van der Waals surface area contributed by atoms with E-state index < -0.39 is 17.5 Å². The summed E-state index contributed by atoms with van der Waals surface area (Å²) in [6.45, 7) is 0.348. The summed E-state index contributed by atoms with van der Waals surface area (Å²) in [7, 11) is 0. The zero-order valence-corrected chi connectivity index (χ0v) is 11.9. The minimum atomic E-state index is -1.47. The molecule has 7 heteroatoms. The molecular formula is C11H6BrClF3NS. The monoisotopic (exact) mass is 355 g/mol. The second-order valence-electron chi connectivity index (χ2n) is 3.44. The van der Waals surface area contributed by atoms with Crippen molar-refractivity contribution in [3.8, 4) is 0 Å². The summed E-state index contributed by atoms with van der Waals surface area (Å²) in [5.74, 6) is -3.91. The summed E-state index contributed by atoms with van der Waals surface area (Å²) in [5.41, 5.74) is 0.173. The van der Waals surface area contributed by atoms with Gasteiger partial charge in [0.05, 0.1) is 0 Å². The van der Waals surface area contributed by atoms with E-state index in [1.54, 1.807) is 6.07 Å². The van der Waals surface area contributed by atoms with Crippen LogP contribution in [0.4, 0.5) is 18.9 Å². The molecule has 0 amide bonds. The summed E-state index contributed by atoms with van der Waals surface area (Å²) in [6.07, 6.45) is 0. The maximum absolute atomic E-state index is 13.0. The fourth-order valence-corrected chi connectivity index (χ4v) is 3.06. The van der Waals surface area contributed by atoms with E-state index in [0.717, 1.165) is 21.5 Å². The molecule has 0 radical (unpaired) electrons. The number of thiophene rings is 1. The number of hydrogen-bond acceptors (Lipinski definition) is 2. The maximum atomic E-state index is 13.0. The summed E-state index contributed by atoms with van der Waals surface area (Å²) in [4.78, 5) is 0.886. The topological polar surface area (TPSA) is 12.0 Å². The van der Waals surface area contributed by atoms with Crippen LogP contribution < -0.4 is 5.32 Å². The predicted octanol–water partition coefficient (Wildman–Crippen LogP) is 5.19. The zero-order valence-electron chi connectivity index (χ0n) is 8.74. The lowest BCUT2D eigenvalue weighted by Crippen LogP contribution is -2.00. The fourth-order valence-electron chi connectivity index (χ4n) is 1.33. The van der Waals surface area contributed by atoms with Gasteiger partial charge >= 0.3 is 0 Å². The average Bonchev–Trinajstić information content (AvgIpc) is 2.63. The molecule has 0 aliphatic heterocycles. The van der Waals surface area contributed by atoms with Crippen molar-refractivity contribution in [2.24, 2.45) is 0 Å². The maximum Gasteiger partial charge on any atom is 0.194 e. The van der Waals surface area contributed by atoms with Gasteiger partial charge in [0, 0.05) is 33.7 Å². The van der Waals surface area contributed by atoms with Crippen LogP contribution in [0.25, 0.3) is 0 Å². The standard InChI is InChI=1S/C11H6BrClF3NS/c12-7-3-6(18-11(7)13)4-17-5-1-8(14)10(16)9(15)2-5/h1-3,17H,4H2. The Morgan fingerprint density at radius 1 is 1.17 bits per heavy atom. The van der Waals surface area contributed by atoms with Crippen molar-refractivity contribution in [1.29, 1.82) is 0 Å². The highest BCUT2D eigenvalue weighted by molar-refractivity contribution is 9.10. The van der Waals surface area contributed by atoms with E-state index in [9.17, 15) is 13.2 Å². The van der Waals surface area contributed by atoms with Crippen LogP contribution in [-0.4, -0.2) is 0 Å². The first-order valence-electron chi connectivity index (χ1n) is 4.79. The van der Waals surface area contributed by atoms with Gasteiger partial charge in [0.15, 0.2) is 17.5 Å². The summed E-state index contributed by atoms with van der Waals surface area (Å²) in [5, 5.41) is 2.79. The Bertz CT molecular complexity index is 545. The minimum absolute atomic E-state index is 0.173. The van der Waals surface area contributed by atoms with Gasteiger partial charge in [-0.1, -0.05) is 11.6 Å². The molecule has 96 valence electrons. The normalized spacial score (nSPS) is 10.7. The molecule has 0 bridgehead atoms. The second-order valence-corrected chi connectivity index (χ2v) is 6.03. The number of anilines is 1. The van der Waals surface area contributed by atoms with Crippen molar-refractivity contribution in [1.82, 2.24) is 0 Å². The molecule has 0 fully saturated rings. The van der Waals surface area contributed by atoms with E-state index in [4.69, 9.17) is 11.6 Å². The molecule has 0 aliphatic carbocycles. The Balaban J connectivity index is 2.11. The van der Waals surface area contributed by atoms with Crippen molar-refractivity contribution in [2.45, 2.75) is 6.54 Å². The predicted molar refractivity (Wildman–Crippen MR) is 70.7 cm³/mol. The molecule has 0 saturated carbocycles. The molecule has 0 saturated heterocycles. The first-order valence-corrected chi connectivity index (χ1v) is 6.78. The van der Waals surface area contributed by atoms with Gasteiger partial charge in [0.25, 0.3) is 0 Å². The molecular weight excluding hydrogens is 351 g/mol. The average molecular weight is 357 g/mol. The molecule has 0 aliphatic rings. The van der Waals surface area contributed by atoms with Crippen LogP contribution in [0.5, 0.6) is 0 Å². The van der Waals surface area contributed by atoms with Crippen LogP contribution >= 0.6 is 38.9 Å². The van der Waals surface area contributed by atoms with Crippen molar-refractivity contribution in [3.63, 3.8) is 0 Å². The highest BCUT2D eigenvalue weighted by Gasteiger charge is 2.11. The van der Waals surface area contributed by atoms with E-state index in [1.165, 1.54) is 11.3 Å². The van der Waals surface area contributed by atoms with Gasteiger partial charge in [0.2, 0.25) is 0 Å². The van der Waals surface area contributed by atoms with Crippen LogP contribution in [0.3, 0.4) is 0 Å². The molecule has 1 heterocycles. The largest absolute Gasteiger partial charge is 0.380 e. The number of nitrogens with one attached hydrogen (secondary N) is 1. The molecule has 1 aromatic heterocycles. The number of benzene rings is 1. The third-order valence-electron chi connectivity index (χ3n) is 2.15. The van der Waals surface area contributed by atoms with Gasteiger partial charge in [-0.15, -0.1) is 11.3 Å². The van der Waals surface area contributed by atoms with E-state index in [1.807, 2.05) is 0 Å². The Morgan fingerprint density at radius 2 is 1.78 bits per heavy atom. The van der Waals surface area contributed by atoms with E-state index in [-0.39, 0.29) is 5.69 Å². The molecule has 18 heavy (non-hydrogen) atoms. The second kappa shape index (κ2) is 5.50. The van der Waals surface area contributed by atoms with Gasteiger partial charge in [0.1, 0.15) is 4.34 Å². The van der Waals surface area contributed by atoms with Crippen LogP contribution in [0, 0.1) is 17.5 Å². The lowest BCUT2D eigenvalue weighted by atomic mass is 10.3. The molecule has 0 spiro atoms. The van der Waals surface area contributed by atoms with Crippen molar-refractivity contribution in [2.75, 3.05) is 5.32 Å². The van der Waals surface area contributed by atoms with Gasteiger partial charge < -0.3 is 5.32 Å². The number of rotatable bonds is 3. The quantitative estimate of drug-likeness (QED) is 0.746. The van der Waals surface area contributed by atoms with E-state index >= 15 is 0 Å². The van der Waals surface area contributed by atoms with Crippen LogP contribution in [0.15, 0.2) is 22.7 Å². The lowest BCUT2D eigenvalue weighted by molar-refractivity contribution is 0.447. The summed E-state index contributed by atoms with van der Waals surface area (Å²) < 4.78 is 40.0. The van der Waals surface area contributed by atoms with E-state index in [2.05, 4.69) is 21.2 Å². The van der Waals surface area contributed by atoms with Crippen LogP contribution in [-0.2, 0) is 6.54 Å². The van der Waals surface area contributed by atoms with Gasteiger partial charge in [-0.25, -0.2) is 13.2 Å². The Labute approximate surface area is 119 Å². The molecule has 0 atom stereocenters. The Morgan fingerprint density at radius 3 is 2.28 bits per heavy atom. The molecule has 1 nitrogen and oxygen atoms in total. The highest BCUT2D eigenvalue weighted by atomic mass is 79.9. The molecule has 1 N–H and O–H groups in total. The van der Waals surface area contributed by atoms with Gasteiger partial charge in [-0.05, 0) is 22.0 Å². The van der Waals surface area contributed by atoms with E-state index in [0.29, 0.717) is 10.9 Å². The smallest absolute Gasteiger partial charge is 0.194 e. The van der Waals surface area contributed by atoms with Crippen molar-refractivity contribution in [3.05, 3.63) is 49.3 Å². The third kappa shape index (κ3) is 2.99. The highest BCUT2D eigenvalue weighted by Crippen LogP contribution is 2.32. The van der Waals surface area contributed by atoms with Gasteiger partial charge in [-0.2, -0.15) is 0 Å². The Hall–Kier alpha value is -0.720. The minimum Gasteiger partial charge on any atom is -0.380 e. The summed E-state index contributed by atoms with van der Waals surface area (Å²) in [6, 6.07) is 3.61. The molecule has 2 aromatic rings. The van der Waals surface area contributed by atoms with Crippen LogP contribution in [0.1, 0.15) is 4.88 Å². The molecule has 1 aromatic carbocycles. The zero-order chi connectivity index (χ0) is 13.3. The first-order chi connectivity index (χ1) is 8.47. The molecule has 2 rings (SSSR count). The van der Waals surface area contributed by atoms with Crippen molar-refractivity contribution >= 4 is 44.6 Å². The lowest BCUT2D eigenvalue weighted by Gasteiger charge is -2.05. The third-order valence-corrected chi connectivity index (χ3v) is 4.62. The summed E-state index contributed by atoms with van der Waals surface area (Å²) >= 11 is 10.5. The number of hydrogen-bond donors (Lipinski definition) is 1. The van der Waals surface area contributed by atoms with Crippen molar-refractivity contribution < 1.29 is 13.2 Å². The fraction of sp³-hybridized carbons (Fsp3) is 0.0909. The Kier molecular flexibility index (Phi) is 4.19. The SMILES string of the molecule is Fc1cc(NCc2cc(Br)c(Cl)s2)cc(F)c1F. The van der Waals surface area contributed by atoms with Crippen LogP contribution in [0.2, 0.25) is 4.34 Å².